The Bertz CT molecular complexity index is 1120. The molecule has 8 N–H and O–H groups in total. The van der Waals surface area contributed by atoms with Gasteiger partial charge in [-0.3, -0.25) is 14.4 Å². The molecule has 2 unspecified atom stereocenters. The number of carboxylic acid groups (broad SMARTS) is 1. The first-order valence-corrected chi connectivity index (χ1v) is 11.5. The number of hydrogen-bond acceptors (Lipinski definition) is 7. The molecule has 12 heteroatoms. The molecule has 1 heterocycles. The Labute approximate surface area is 214 Å². The van der Waals surface area contributed by atoms with Gasteiger partial charge in [-0.1, -0.05) is 24.3 Å². The van der Waals surface area contributed by atoms with E-state index >= 15 is 0 Å². The maximum Gasteiger partial charge on any atom is 0.320 e. The zero-order valence-electron chi connectivity index (χ0n) is 20.8. The van der Waals surface area contributed by atoms with Gasteiger partial charge in [0, 0.05) is 18.7 Å². The molecule has 12 nitrogen and oxygen atoms in total. The van der Waals surface area contributed by atoms with Gasteiger partial charge in [-0.2, -0.15) is 0 Å². The van der Waals surface area contributed by atoms with Crippen LogP contribution in [0.1, 0.15) is 46.8 Å². The molecular formula is C25H33N5O7. The number of ether oxygens (including phenoxy) is 2. The van der Waals surface area contributed by atoms with E-state index in [0.717, 1.165) is 11.1 Å². The summed E-state index contributed by atoms with van der Waals surface area (Å²) in [7, 11) is 3.10. The van der Waals surface area contributed by atoms with Crippen LogP contribution >= 0.6 is 0 Å². The fraction of sp³-hybridized carbons (Fsp3) is 0.360. The minimum atomic E-state index is -1.03. The predicted octanol–water partition coefficient (Wildman–Crippen LogP) is 1.12. The van der Waals surface area contributed by atoms with Crippen molar-refractivity contribution in [2.24, 2.45) is 17.2 Å². The lowest BCUT2D eigenvalue weighted by Gasteiger charge is -2.28. The monoisotopic (exact) mass is 515 g/mol. The third kappa shape index (κ3) is 8.10. The van der Waals surface area contributed by atoms with Gasteiger partial charge in [0.05, 0.1) is 26.7 Å². The highest BCUT2D eigenvalue weighted by molar-refractivity contribution is 5.98. The topological polar surface area (TPSA) is 200 Å². The highest BCUT2D eigenvalue weighted by Gasteiger charge is 2.34. The number of nitrogens with one attached hydrogen (secondary N) is 1. The van der Waals surface area contributed by atoms with E-state index in [-0.39, 0.29) is 12.3 Å². The number of hydrogen-bond donors (Lipinski definition) is 5. The summed E-state index contributed by atoms with van der Waals surface area (Å²) in [6.45, 7) is 0.803. The standard InChI is InChI=1S/C19H20N2O4.C6H13N3O3/c1-24-16-8-7-12(9-17(16)25-2)15(10-18(20)22)21-11-13-5-3-4-6-14(13)19(21)23;7-4(5(10)11)2-1-3-9-6(8)12/h3-9,15H,10-11H2,1-2H3,(H2,20,22);4H,1-3,7H2,(H,10,11)(H3,8,9,12). The van der Waals surface area contributed by atoms with Gasteiger partial charge in [0.2, 0.25) is 5.91 Å². The van der Waals surface area contributed by atoms with E-state index in [2.05, 4.69) is 5.32 Å². The number of fused-ring (bicyclic) bond motifs is 1. The molecule has 0 aromatic heterocycles. The summed E-state index contributed by atoms with van der Waals surface area (Å²) >= 11 is 0. The van der Waals surface area contributed by atoms with Crippen LogP contribution in [0.15, 0.2) is 42.5 Å². The van der Waals surface area contributed by atoms with Crippen LogP contribution in [-0.4, -0.2) is 60.6 Å². The predicted molar refractivity (Wildman–Crippen MR) is 135 cm³/mol. The second-order valence-electron chi connectivity index (χ2n) is 8.27. The summed E-state index contributed by atoms with van der Waals surface area (Å²) in [5.41, 5.74) is 17.8. The van der Waals surface area contributed by atoms with Crippen LogP contribution in [0, 0.1) is 0 Å². The number of aliphatic carboxylic acids is 1. The first-order chi connectivity index (χ1) is 17.6. The number of rotatable bonds is 11. The quantitative estimate of drug-likeness (QED) is 0.274. The maximum absolute atomic E-state index is 12.8. The highest BCUT2D eigenvalue weighted by atomic mass is 16.5. The molecule has 0 aliphatic carbocycles. The van der Waals surface area contributed by atoms with Gasteiger partial charge >= 0.3 is 12.0 Å². The second-order valence-corrected chi connectivity index (χ2v) is 8.27. The fourth-order valence-corrected chi connectivity index (χ4v) is 3.84. The van der Waals surface area contributed by atoms with E-state index in [0.29, 0.717) is 43.0 Å². The van der Waals surface area contributed by atoms with Crippen molar-refractivity contribution in [1.29, 1.82) is 0 Å². The molecule has 2 atom stereocenters. The van der Waals surface area contributed by atoms with Gasteiger partial charge in [0.15, 0.2) is 11.5 Å². The minimum Gasteiger partial charge on any atom is -0.493 e. The Hall–Kier alpha value is -4.32. The van der Waals surface area contributed by atoms with Crippen molar-refractivity contribution in [3.05, 3.63) is 59.2 Å². The molecule has 2 aromatic carbocycles. The van der Waals surface area contributed by atoms with Gasteiger partial charge in [-0.05, 0) is 42.2 Å². The molecule has 0 radical (unpaired) electrons. The molecule has 1 aliphatic heterocycles. The van der Waals surface area contributed by atoms with Crippen molar-refractivity contribution in [3.8, 4) is 11.5 Å². The highest BCUT2D eigenvalue weighted by Crippen LogP contribution is 2.37. The molecule has 200 valence electrons. The van der Waals surface area contributed by atoms with Crippen LogP contribution in [0.5, 0.6) is 11.5 Å². The molecule has 3 rings (SSSR count). The van der Waals surface area contributed by atoms with Crippen LogP contribution in [0.25, 0.3) is 0 Å². The Morgan fingerprint density at radius 1 is 1.08 bits per heavy atom. The molecule has 4 amide bonds. The first kappa shape index (κ1) is 28.9. The second kappa shape index (κ2) is 13.7. The smallest absolute Gasteiger partial charge is 0.320 e. The number of urea groups is 1. The number of carbonyl (C=O) groups is 4. The minimum absolute atomic E-state index is 0.0369. The number of nitrogens with zero attached hydrogens (tertiary/aromatic N) is 1. The van der Waals surface area contributed by atoms with Crippen LogP contribution in [0.4, 0.5) is 4.79 Å². The largest absolute Gasteiger partial charge is 0.493 e. The van der Waals surface area contributed by atoms with E-state index in [1.807, 2.05) is 24.3 Å². The Morgan fingerprint density at radius 3 is 2.32 bits per heavy atom. The molecule has 0 saturated carbocycles. The average Bonchev–Trinajstić information content (AvgIpc) is 3.20. The molecule has 0 spiro atoms. The van der Waals surface area contributed by atoms with Gasteiger partial charge < -0.3 is 42.0 Å². The van der Waals surface area contributed by atoms with E-state index in [1.54, 1.807) is 37.3 Å². The zero-order valence-corrected chi connectivity index (χ0v) is 20.8. The number of primary amides is 2. The summed E-state index contributed by atoms with van der Waals surface area (Å²) in [5.74, 6) is -0.479. The third-order valence-corrected chi connectivity index (χ3v) is 5.72. The van der Waals surface area contributed by atoms with Crippen LogP contribution in [0.2, 0.25) is 0 Å². The van der Waals surface area contributed by atoms with Gasteiger partial charge in [0.25, 0.3) is 5.91 Å². The molecule has 0 bridgehead atoms. The SMILES string of the molecule is COc1ccc(C(CC(N)=O)N2Cc3ccccc3C2=O)cc1OC.NC(=O)NCCCC(N)C(=O)O. The number of methoxy groups -OCH3 is 2. The third-order valence-electron chi connectivity index (χ3n) is 5.72. The first-order valence-electron chi connectivity index (χ1n) is 11.5. The van der Waals surface area contributed by atoms with E-state index in [1.165, 1.54) is 0 Å². The van der Waals surface area contributed by atoms with Gasteiger partial charge in [0.1, 0.15) is 6.04 Å². The van der Waals surface area contributed by atoms with E-state index in [9.17, 15) is 19.2 Å². The Kier molecular flexibility index (Phi) is 10.7. The summed E-state index contributed by atoms with van der Waals surface area (Å²) in [6.07, 6.45) is 0.876. The van der Waals surface area contributed by atoms with Gasteiger partial charge in [-0.15, -0.1) is 0 Å². The molecule has 1 aliphatic rings. The number of nitrogens with two attached hydrogens (primary N) is 3. The molecule has 0 saturated heterocycles. The fourth-order valence-electron chi connectivity index (χ4n) is 3.84. The van der Waals surface area contributed by atoms with Gasteiger partial charge in [-0.25, -0.2) is 4.79 Å². The summed E-state index contributed by atoms with van der Waals surface area (Å²) in [5, 5.41) is 10.7. The summed E-state index contributed by atoms with van der Waals surface area (Å²) in [4.78, 5) is 46.4. The zero-order chi connectivity index (χ0) is 27.5. The maximum atomic E-state index is 12.8. The van der Waals surface area contributed by atoms with Crippen molar-refractivity contribution in [3.63, 3.8) is 0 Å². The molecule has 37 heavy (non-hydrogen) atoms. The number of carbonyl (C=O) groups excluding carboxylic acids is 3. The van der Waals surface area contributed by atoms with Crippen molar-refractivity contribution < 1.29 is 33.8 Å². The Balaban J connectivity index is 0.000000341. The van der Waals surface area contributed by atoms with Crippen molar-refractivity contribution in [1.82, 2.24) is 10.2 Å². The summed E-state index contributed by atoms with van der Waals surface area (Å²) < 4.78 is 10.6. The van der Waals surface area contributed by atoms with E-state index in [4.69, 9.17) is 31.8 Å². The van der Waals surface area contributed by atoms with Crippen molar-refractivity contribution >= 4 is 23.8 Å². The Morgan fingerprint density at radius 2 is 1.76 bits per heavy atom. The molecule has 2 aromatic rings. The average molecular weight is 516 g/mol. The normalized spacial score (nSPS) is 13.5. The lowest BCUT2D eigenvalue weighted by atomic mass is 10.0. The van der Waals surface area contributed by atoms with Crippen molar-refractivity contribution in [2.75, 3.05) is 20.8 Å². The van der Waals surface area contributed by atoms with Crippen LogP contribution in [0.3, 0.4) is 0 Å². The molecular weight excluding hydrogens is 482 g/mol. The lowest BCUT2D eigenvalue weighted by Crippen LogP contribution is -2.33. The molecule has 0 fully saturated rings. The van der Waals surface area contributed by atoms with Crippen LogP contribution in [-0.2, 0) is 16.1 Å². The number of carboxylic acids is 1. The number of benzene rings is 2. The van der Waals surface area contributed by atoms with E-state index < -0.39 is 30.0 Å². The van der Waals surface area contributed by atoms with Crippen LogP contribution < -0.4 is 32.0 Å². The summed E-state index contributed by atoms with van der Waals surface area (Å²) in [6, 6.07) is 10.9. The number of amides is 4. The van der Waals surface area contributed by atoms with Crippen molar-refractivity contribution in [2.45, 2.75) is 37.9 Å². The lowest BCUT2D eigenvalue weighted by molar-refractivity contribution is -0.138.